The summed E-state index contributed by atoms with van der Waals surface area (Å²) >= 11 is 5.60. The van der Waals surface area contributed by atoms with Crippen molar-refractivity contribution in [3.63, 3.8) is 0 Å². The van der Waals surface area contributed by atoms with E-state index in [-0.39, 0.29) is 23.9 Å². The fourth-order valence-corrected chi connectivity index (χ4v) is 3.52. The lowest BCUT2D eigenvalue weighted by molar-refractivity contribution is -0.137. The highest BCUT2D eigenvalue weighted by Crippen LogP contribution is 2.36. The molecule has 1 aliphatic heterocycles. The number of hydrogen-bond acceptors (Lipinski definition) is 4. The van der Waals surface area contributed by atoms with Crippen LogP contribution in [0.15, 0.2) is 42.5 Å². The lowest BCUT2D eigenvalue weighted by Crippen LogP contribution is -2.48. The summed E-state index contributed by atoms with van der Waals surface area (Å²) in [6.07, 6.45) is -4.59. The van der Waals surface area contributed by atoms with Crippen molar-refractivity contribution < 1.29 is 22.8 Å². The van der Waals surface area contributed by atoms with Crippen LogP contribution in [-0.4, -0.2) is 49.3 Å². The molecule has 9 heteroatoms. The highest BCUT2D eigenvalue weighted by Gasteiger charge is 2.33. The van der Waals surface area contributed by atoms with Crippen LogP contribution in [0.4, 0.5) is 24.5 Å². The number of anilines is 2. The zero-order valence-corrected chi connectivity index (χ0v) is 17.1. The van der Waals surface area contributed by atoms with Crippen molar-refractivity contribution in [3.05, 3.63) is 58.6 Å². The molecule has 30 heavy (non-hydrogen) atoms. The minimum absolute atomic E-state index is 0.0143. The molecule has 1 saturated heterocycles. The molecule has 2 aromatic carbocycles. The number of Topliss-reactive ketones (excluding diaryl/α,β-unsaturated/α-hetero) is 1. The number of nitrogens with zero attached hydrogens (tertiary/aromatic N) is 2. The summed E-state index contributed by atoms with van der Waals surface area (Å²) in [6, 6.07) is 10.7. The largest absolute Gasteiger partial charge is 0.417 e. The first-order valence-electron chi connectivity index (χ1n) is 9.38. The van der Waals surface area contributed by atoms with Crippen LogP contribution >= 0.6 is 11.6 Å². The summed E-state index contributed by atoms with van der Waals surface area (Å²) in [4.78, 5) is 27.7. The lowest BCUT2D eigenvalue weighted by atomic mass is 10.1. The van der Waals surface area contributed by atoms with Crippen LogP contribution in [0.1, 0.15) is 22.8 Å². The first kappa shape index (κ1) is 22.1. The van der Waals surface area contributed by atoms with Crippen molar-refractivity contribution in [2.45, 2.75) is 13.1 Å². The Bertz CT molecular complexity index is 924. The molecular formula is C21H21ClF3N3O2. The molecule has 0 spiro atoms. The molecule has 160 valence electrons. The van der Waals surface area contributed by atoms with Gasteiger partial charge < -0.3 is 10.2 Å². The van der Waals surface area contributed by atoms with E-state index in [9.17, 15) is 22.8 Å². The van der Waals surface area contributed by atoms with E-state index in [1.165, 1.54) is 13.0 Å². The van der Waals surface area contributed by atoms with Gasteiger partial charge in [0.2, 0.25) is 5.91 Å². The Labute approximate surface area is 177 Å². The molecule has 0 atom stereocenters. The van der Waals surface area contributed by atoms with Gasteiger partial charge in [0.1, 0.15) is 0 Å². The molecule has 0 radical (unpaired) electrons. The number of ketones is 1. The van der Waals surface area contributed by atoms with Gasteiger partial charge in [-0.15, -0.1) is 0 Å². The highest BCUT2D eigenvalue weighted by molar-refractivity contribution is 6.31. The van der Waals surface area contributed by atoms with Crippen molar-refractivity contribution in [3.8, 4) is 0 Å². The molecule has 5 nitrogen and oxygen atoms in total. The monoisotopic (exact) mass is 439 g/mol. The second kappa shape index (κ2) is 9.06. The third-order valence-electron chi connectivity index (χ3n) is 4.93. The zero-order chi connectivity index (χ0) is 21.9. The first-order valence-corrected chi connectivity index (χ1v) is 9.76. The number of nitrogens with one attached hydrogen (secondary N) is 1. The average Bonchev–Trinajstić information content (AvgIpc) is 2.69. The fourth-order valence-electron chi connectivity index (χ4n) is 3.30. The van der Waals surface area contributed by atoms with Gasteiger partial charge in [0.25, 0.3) is 0 Å². The molecule has 1 amide bonds. The summed E-state index contributed by atoms with van der Waals surface area (Å²) in [5, 5.41) is 2.09. The number of alkyl halides is 3. The standard InChI is InChI=1S/C21H21ClF3N3O2/c1-14(29)15-2-5-17(6-3-15)28-10-8-27(9-11-28)13-20(30)26-16-4-7-19(22)18(12-16)21(23,24)25/h2-7,12H,8-11,13H2,1H3,(H,26,30). The SMILES string of the molecule is CC(=O)c1ccc(N2CCN(CC(=O)Nc3ccc(Cl)c(C(F)(F)F)c3)CC2)cc1. The van der Waals surface area contributed by atoms with E-state index in [0.717, 1.165) is 17.8 Å². The third kappa shape index (κ3) is 5.52. The summed E-state index contributed by atoms with van der Waals surface area (Å²) in [6.45, 7) is 4.28. The van der Waals surface area contributed by atoms with Crippen molar-refractivity contribution in [2.24, 2.45) is 0 Å². The molecule has 0 unspecified atom stereocenters. The van der Waals surface area contributed by atoms with E-state index in [1.807, 2.05) is 17.0 Å². The van der Waals surface area contributed by atoms with Gasteiger partial charge in [0.15, 0.2) is 5.78 Å². The van der Waals surface area contributed by atoms with Crippen LogP contribution in [0.3, 0.4) is 0 Å². The van der Waals surface area contributed by atoms with Gasteiger partial charge in [-0.3, -0.25) is 14.5 Å². The molecule has 1 fully saturated rings. The second-order valence-corrected chi connectivity index (χ2v) is 7.51. The van der Waals surface area contributed by atoms with Gasteiger partial charge in [0, 0.05) is 43.1 Å². The summed E-state index contributed by atoms with van der Waals surface area (Å²) in [5.41, 5.74) is 0.738. The van der Waals surface area contributed by atoms with E-state index in [1.54, 1.807) is 12.1 Å². The van der Waals surface area contributed by atoms with Gasteiger partial charge in [-0.05, 0) is 49.4 Å². The summed E-state index contributed by atoms with van der Waals surface area (Å²) in [5.74, 6) is -0.370. The van der Waals surface area contributed by atoms with E-state index in [4.69, 9.17) is 11.6 Å². The Morgan fingerprint density at radius 3 is 2.23 bits per heavy atom. The predicted octanol–water partition coefficient (Wildman–Crippen LogP) is 4.32. The predicted molar refractivity (Wildman–Crippen MR) is 110 cm³/mol. The van der Waals surface area contributed by atoms with Crippen LogP contribution < -0.4 is 10.2 Å². The molecule has 1 N–H and O–H groups in total. The molecule has 0 aromatic heterocycles. The maximum Gasteiger partial charge on any atom is 0.417 e. The quantitative estimate of drug-likeness (QED) is 0.705. The van der Waals surface area contributed by atoms with Crippen LogP contribution in [0.25, 0.3) is 0 Å². The van der Waals surface area contributed by atoms with Crippen LogP contribution in [0.5, 0.6) is 0 Å². The van der Waals surface area contributed by atoms with E-state index in [0.29, 0.717) is 31.7 Å². The van der Waals surface area contributed by atoms with Crippen molar-refractivity contribution in [2.75, 3.05) is 42.9 Å². The number of carbonyl (C=O) groups excluding carboxylic acids is 2. The molecule has 1 heterocycles. The Morgan fingerprint density at radius 2 is 1.67 bits per heavy atom. The Kier molecular flexibility index (Phi) is 6.67. The van der Waals surface area contributed by atoms with Crippen molar-refractivity contribution in [1.29, 1.82) is 0 Å². The number of piperazine rings is 1. The Balaban J connectivity index is 1.52. The minimum Gasteiger partial charge on any atom is -0.369 e. The maximum absolute atomic E-state index is 13.0. The molecule has 0 bridgehead atoms. The van der Waals surface area contributed by atoms with Crippen LogP contribution in [0, 0.1) is 0 Å². The minimum atomic E-state index is -4.59. The average molecular weight is 440 g/mol. The highest BCUT2D eigenvalue weighted by atomic mass is 35.5. The Hall–Kier alpha value is -2.58. The van der Waals surface area contributed by atoms with Crippen LogP contribution in [-0.2, 0) is 11.0 Å². The number of rotatable bonds is 5. The molecular weight excluding hydrogens is 419 g/mol. The number of amides is 1. The topological polar surface area (TPSA) is 52.7 Å². The van der Waals surface area contributed by atoms with Gasteiger partial charge in [-0.1, -0.05) is 11.6 Å². The van der Waals surface area contributed by atoms with Gasteiger partial charge in [0.05, 0.1) is 17.1 Å². The normalized spacial score (nSPS) is 15.2. The smallest absolute Gasteiger partial charge is 0.369 e. The van der Waals surface area contributed by atoms with Crippen LogP contribution in [0.2, 0.25) is 5.02 Å². The second-order valence-electron chi connectivity index (χ2n) is 7.11. The van der Waals surface area contributed by atoms with Gasteiger partial charge in [-0.25, -0.2) is 0 Å². The zero-order valence-electron chi connectivity index (χ0n) is 16.3. The summed E-state index contributed by atoms with van der Waals surface area (Å²) in [7, 11) is 0. The number of carbonyl (C=O) groups is 2. The van der Waals surface area contributed by atoms with Crippen molar-refractivity contribution in [1.82, 2.24) is 4.90 Å². The summed E-state index contributed by atoms with van der Waals surface area (Å²) < 4.78 is 38.9. The molecule has 0 aliphatic carbocycles. The third-order valence-corrected chi connectivity index (χ3v) is 5.26. The molecule has 1 aliphatic rings. The lowest BCUT2D eigenvalue weighted by Gasteiger charge is -2.35. The fraction of sp³-hybridized carbons (Fsp3) is 0.333. The number of hydrogen-bond donors (Lipinski definition) is 1. The Morgan fingerprint density at radius 1 is 1.03 bits per heavy atom. The molecule has 0 saturated carbocycles. The molecule has 3 rings (SSSR count). The van der Waals surface area contributed by atoms with Crippen molar-refractivity contribution >= 4 is 34.7 Å². The van der Waals surface area contributed by atoms with E-state index in [2.05, 4.69) is 10.2 Å². The van der Waals surface area contributed by atoms with E-state index >= 15 is 0 Å². The molecule has 2 aromatic rings. The van der Waals surface area contributed by atoms with Gasteiger partial charge in [-0.2, -0.15) is 13.2 Å². The number of halogens is 4. The maximum atomic E-state index is 13.0. The van der Waals surface area contributed by atoms with Gasteiger partial charge >= 0.3 is 6.18 Å². The van der Waals surface area contributed by atoms with E-state index < -0.39 is 16.8 Å². The first-order chi connectivity index (χ1) is 14.1. The number of benzene rings is 2.